The fourth-order valence-corrected chi connectivity index (χ4v) is 7.20. The van der Waals surface area contributed by atoms with Crippen LogP contribution < -0.4 is 10.2 Å². The first-order chi connectivity index (χ1) is 15.8. The number of benzene rings is 1. The van der Waals surface area contributed by atoms with Gasteiger partial charge in [-0.15, -0.1) is 0 Å². The van der Waals surface area contributed by atoms with E-state index in [4.69, 9.17) is 0 Å². The van der Waals surface area contributed by atoms with Gasteiger partial charge < -0.3 is 10.2 Å². The number of carbonyl (C=O) groups excluding carboxylic acids is 2. The molecule has 2 amide bonds. The van der Waals surface area contributed by atoms with Gasteiger partial charge in [0, 0.05) is 43.7 Å². The van der Waals surface area contributed by atoms with E-state index in [0.717, 1.165) is 24.1 Å². The molecule has 2 heterocycles. The van der Waals surface area contributed by atoms with Crippen LogP contribution in [0.5, 0.6) is 0 Å². The molecular weight excluding hydrogens is 438 g/mol. The lowest BCUT2D eigenvalue weighted by Gasteiger charge is -2.32. The zero-order valence-electron chi connectivity index (χ0n) is 19.9. The highest BCUT2D eigenvalue weighted by Gasteiger charge is 2.35. The Hall–Kier alpha value is -1.93. The van der Waals surface area contributed by atoms with Crippen LogP contribution in [0.4, 0.5) is 5.69 Å². The first kappa shape index (κ1) is 24.2. The van der Waals surface area contributed by atoms with Crippen molar-refractivity contribution in [2.75, 3.05) is 18.0 Å². The minimum absolute atomic E-state index is 0.0301. The summed E-state index contributed by atoms with van der Waals surface area (Å²) >= 11 is 0. The molecule has 1 saturated heterocycles. The Labute approximate surface area is 198 Å². The predicted molar refractivity (Wildman–Crippen MR) is 129 cm³/mol. The van der Waals surface area contributed by atoms with Gasteiger partial charge in [-0.2, -0.15) is 4.31 Å². The molecule has 1 saturated carbocycles. The number of nitrogens with zero attached hydrogens (tertiary/aromatic N) is 2. The number of rotatable bonds is 4. The molecule has 2 fully saturated rings. The summed E-state index contributed by atoms with van der Waals surface area (Å²) in [6.07, 6.45) is 10.0. The number of carbonyl (C=O) groups is 2. The number of anilines is 1. The molecular formula is C25H37N3O4S. The molecule has 2 aliphatic heterocycles. The van der Waals surface area contributed by atoms with E-state index in [1.165, 1.54) is 43.3 Å². The van der Waals surface area contributed by atoms with E-state index in [1.807, 2.05) is 6.92 Å². The Morgan fingerprint density at radius 2 is 1.61 bits per heavy atom. The van der Waals surface area contributed by atoms with E-state index in [1.54, 1.807) is 23.1 Å². The maximum Gasteiger partial charge on any atom is 0.243 e. The summed E-state index contributed by atoms with van der Waals surface area (Å²) in [5, 5.41) is 3.25. The number of amides is 2. The molecule has 1 aromatic rings. The van der Waals surface area contributed by atoms with Crippen molar-refractivity contribution in [3.05, 3.63) is 23.8 Å². The van der Waals surface area contributed by atoms with Crippen molar-refractivity contribution >= 4 is 27.5 Å². The van der Waals surface area contributed by atoms with Gasteiger partial charge >= 0.3 is 0 Å². The number of piperidine rings is 1. The molecule has 1 aromatic carbocycles. The molecule has 7 nitrogen and oxygen atoms in total. The average Bonchev–Trinajstić information content (AvgIpc) is 3.10. The maximum atomic E-state index is 13.3. The third-order valence-electron chi connectivity index (χ3n) is 7.52. The fourth-order valence-electron chi connectivity index (χ4n) is 5.67. The lowest BCUT2D eigenvalue weighted by atomic mass is 9.94. The van der Waals surface area contributed by atoms with Crippen LogP contribution in [0.3, 0.4) is 0 Å². The lowest BCUT2D eigenvalue weighted by Crippen LogP contribution is -2.45. The van der Waals surface area contributed by atoms with E-state index < -0.39 is 10.0 Å². The number of nitrogens with one attached hydrogen (secondary N) is 1. The highest BCUT2D eigenvalue weighted by molar-refractivity contribution is 7.89. The minimum Gasteiger partial charge on any atom is -0.353 e. The third kappa shape index (κ3) is 5.27. The van der Waals surface area contributed by atoms with Gasteiger partial charge in [0.25, 0.3) is 0 Å². The number of hydrogen-bond donors (Lipinski definition) is 1. The van der Waals surface area contributed by atoms with Gasteiger partial charge in [0.1, 0.15) is 0 Å². The summed E-state index contributed by atoms with van der Waals surface area (Å²) in [6, 6.07) is 5.38. The molecule has 0 radical (unpaired) electrons. The van der Waals surface area contributed by atoms with Crippen LogP contribution in [0.2, 0.25) is 0 Å². The second-order valence-electron chi connectivity index (χ2n) is 9.96. The molecule has 33 heavy (non-hydrogen) atoms. The van der Waals surface area contributed by atoms with Crippen LogP contribution >= 0.6 is 0 Å². The molecule has 182 valence electrons. The second-order valence-corrected chi connectivity index (χ2v) is 11.9. The van der Waals surface area contributed by atoms with Crippen LogP contribution in [-0.2, 0) is 26.0 Å². The minimum atomic E-state index is -3.63. The summed E-state index contributed by atoms with van der Waals surface area (Å²) in [7, 11) is -3.63. The van der Waals surface area contributed by atoms with Crippen LogP contribution in [0.25, 0.3) is 0 Å². The first-order valence-corrected chi connectivity index (χ1v) is 13.9. The number of sulfonamides is 1. The first-order valence-electron chi connectivity index (χ1n) is 12.5. The summed E-state index contributed by atoms with van der Waals surface area (Å²) in [5.74, 6) is -0.0584. The predicted octanol–water partition coefficient (Wildman–Crippen LogP) is 3.61. The zero-order chi connectivity index (χ0) is 23.6. The van der Waals surface area contributed by atoms with Crippen LogP contribution in [0.1, 0.15) is 77.2 Å². The Morgan fingerprint density at radius 3 is 2.24 bits per heavy atom. The largest absolute Gasteiger partial charge is 0.353 e. The molecule has 0 bridgehead atoms. The summed E-state index contributed by atoms with van der Waals surface area (Å²) < 4.78 is 28.1. The molecule has 0 aromatic heterocycles. The summed E-state index contributed by atoms with van der Waals surface area (Å²) in [6.45, 7) is 4.23. The summed E-state index contributed by atoms with van der Waals surface area (Å²) in [4.78, 5) is 26.8. The Kier molecular flexibility index (Phi) is 7.43. The highest BCUT2D eigenvalue weighted by atomic mass is 32.2. The lowest BCUT2D eigenvalue weighted by molar-refractivity contribution is -0.127. The highest BCUT2D eigenvalue weighted by Crippen LogP contribution is 2.35. The van der Waals surface area contributed by atoms with E-state index >= 15 is 0 Å². The van der Waals surface area contributed by atoms with Crippen LogP contribution in [0, 0.1) is 5.92 Å². The van der Waals surface area contributed by atoms with Gasteiger partial charge in [0.2, 0.25) is 21.8 Å². The number of fused-ring (bicyclic) bond motifs is 1. The quantitative estimate of drug-likeness (QED) is 0.721. The molecule has 1 N–H and O–H groups in total. The van der Waals surface area contributed by atoms with Gasteiger partial charge in [-0.05, 0) is 62.8 Å². The molecule has 1 atom stereocenters. The SMILES string of the molecule is CC(=O)N1c2ccc(S(=O)(=O)N3CCC(C(=O)NC4CCCCCCC4)CC3)cc2C[C@@H]1C. The van der Waals surface area contributed by atoms with Crippen molar-refractivity contribution in [1.82, 2.24) is 9.62 Å². The van der Waals surface area contributed by atoms with Crippen molar-refractivity contribution in [2.45, 2.75) is 95.0 Å². The smallest absolute Gasteiger partial charge is 0.243 e. The van der Waals surface area contributed by atoms with Crippen LogP contribution in [0.15, 0.2) is 23.1 Å². The fraction of sp³-hybridized carbons (Fsp3) is 0.680. The topological polar surface area (TPSA) is 86.8 Å². The Bertz CT molecular complexity index is 977. The average molecular weight is 476 g/mol. The van der Waals surface area contributed by atoms with Crippen molar-refractivity contribution in [2.24, 2.45) is 5.92 Å². The van der Waals surface area contributed by atoms with Crippen molar-refractivity contribution in [1.29, 1.82) is 0 Å². The summed E-state index contributed by atoms with van der Waals surface area (Å²) in [5.41, 5.74) is 1.70. The molecule has 3 aliphatic rings. The molecule has 8 heteroatoms. The van der Waals surface area contributed by atoms with E-state index in [9.17, 15) is 18.0 Å². The zero-order valence-corrected chi connectivity index (χ0v) is 20.7. The van der Waals surface area contributed by atoms with Gasteiger partial charge in [-0.3, -0.25) is 9.59 Å². The monoisotopic (exact) mass is 475 g/mol. The van der Waals surface area contributed by atoms with Crippen LogP contribution in [-0.4, -0.2) is 49.7 Å². The van der Waals surface area contributed by atoms with Gasteiger partial charge in [0.05, 0.1) is 4.90 Å². The van der Waals surface area contributed by atoms with Crippen molar-refractivity contribution in [3.8, 4) is 0 Å². The standard InChI is InChI=1S/C25H37N3O4S/c1-18-16-21-17-23(10-11-24(21)28(18)19(2)29)33(31,32)27-14-12-20(13-15-27)25(30)26-22-8-6-4-3-5-7-9-22/h10-11,17-18,20,22H,3-9,12-16H2,1-2H3,(H,26,30)/t18-/m0/s1. The van der Waals surface area contributed by atoms with Crippen molar-refractivity contribution < 1.29 is 18.0 Å². The van der Waals surface area contributed by atoms with Gasteiger partial charge in [-0.1, -0.05) is 32.1 Å². The van der Waals surface area contributed by atoms with Gasteiger partial charge in [0.15, 0.2) is 0 Å². The normalized spacial score (nSPS) is 23.6. The van der Waals surface area contributed by atoms with E-state index in [0.29, 0.717) is 32.4 Å². The number of hydrogen-bond acceptors (Lipinski definition) is 4. The van der Waals surface area contributed by atoms with E-state index in [-0.39, 0.29) is 34.7 Å². The third-order valence-corrected chi connectivity index (χ3v) is 9.41. The second kappa shape index (κ2) is 10.1. The Balaban J connectivity index is 1.37. The molecule has 0 unspecified atom stereocenters. The Morgan fingerprint density at radius 1 is 0.970 bits per heavy atom. The molecule has 0 spiro atoms. The maximum absolute atomic E-state index is 13.3. The molecule has 4 rings (SSSR count). The van der Waals surface area contributed by atoms with Gasteiger partial charge in [-0.25, -0.2) is 8.42 Å². The van der Waals surface area contributed by atoms with Crippen molar-refractivity contribution in [3.63, 3.8) is 0 Å². The molecule has 1 aliphatic carbocycles. The van der Waals surface area contributed by atoms with E-state index in [2.05, 4.69) is 5.32 Å².